The van der Waals surface area contributed by atoms with Crippen LogP contribution in [0.3, 0.4) is 0 Å². The Hall–Kier alpha value is -3.74. The molecule has 1 atom stereocenters. The summed E-state index contributed by atoms with van der Waals surface area (Å²) >= 11 is 5.99. The molecule has 2 N–H and O–H groups in total. The molecule has 6 nitrogen and oxygen atoms in total. The van der Waals surface area contributed by atoms with Gasteiger partial charge in [0.1, 0.15) is 5.65 Å². The smallest absolute Gasteiger partial charge is 0.252 e. The Morgan fingerprint density at radius 3 is 2.38 bits per heavy atom. The van der Waals surface area contributed by atoms with Crippen molar-refractivity contribution in [3.05, 3.63) is 118 Å². The zero-order valence-corrected chi connectivity index (χ0v) is 20.1. The summed E-state index contributed by atoms with van der Waals surface area (Å²) in [4.78, 5) is 20.8. The normalized spacial score (nSPS) is 11.7. The number of fused-ring (bicyclic) bond motifs is 1. The first kappa shape index (κ1) is 23.4. The summed E-state index contributed by atoms with van der Waals surface area (Å²) in [6, 6.07) is 18.9. The summed E-state index contributed by atoms with van der Waals surface area (Å²) in [5.74, 6) is 0. The highest BCUT2D eigenvalue weighted by Crippen LogP contribution is 2.30. The summed E-state index contributed by atoms with van der Waals surface area (Å²) in [5.41, 5.74) is 11.8. The molecule has 5 aromatic rings. The predicted octanol–water partition coefficient (Wildman–Crippen LogP) is 5.03. The van der Waals surface area contributed by atoms with Crippen LogP contribution in [0, 0.1) is 6.92 Å². The van der Waals surface area contributed by atoms with Gasteiger partial charge in [-0.2, -0.15) is 0 Å². The third kappa shape index (κ3) is 5.09. The molecule has 0 aliphatic rings. The van der Waals surface area contributed by atoms with E-state index in [0.29, 0.717) is 10.7 Å². The van der Waals surface area contributed by atoms with Gasteiger partial charge in [0.2, 0.25) is 0 Å². The molecule has 172 valence electrons. The summed E-state index contributed by atoms with van der Waals surface area (Å²) in [7, 11) is 3.67. The summed E-state index contributed by atoms with van der Waals surface area (Å²) in [6.45, 7) is 2.03. The molecule has 1 unspecified atom stereocenters. The van der Waals surface area contributed by atoms with Crippen LogP contribution in [-0.4, -0.2) is 19.1 Å². The van der Waals surface area contributed by atoms with E-state index in [4.69, 9.17) is 17.3 Å². The van der Waals surface area contributed by atoms with E-state index in [1.54, 1.807) is 36.4 Å². The van der Waals surface area contributed by atoms with Crippen LogP contribution in [0.2, 0.25) is 5.02 Å². The Morgan fingerprint density at radius 1 is 1.00 bits per heavy atom. The zero-order chi connectivity index (χ0) is 24.2. The number of imidazole rings is 1. The number of hydrogen-bond donors (Lipinski definition) is 1. The summed E-state index contributed by atoms with van der Waals surface area (Å²) in [6.07, 6.45) is 7.13. The fraction of sp³-hybridized carbons (Fsp3) is 0.148. The maximum atomic E-state index is 12.5. The van der Waals surface area contributed by atoms with Gasteiger partial charge in [0.05, 0.1) is 12.4 Å². The molecule has 3 heterocycles. The van der Waals surface area contributed by atoms with E-state index in [2.05, 4.69) is 16.0 Å². The second-order valence-corrected chi connectivity index (χ2v) is 8.66. The topological polar surface area (TPSA) is 78.7 Å². The molecule has 0 saturated heterocycles. The molecule has 0 aliphatic carbocycles. The van der Waals surface area contributed by atoms with Crippen LogP contribution in [0.1, 0.15) is 22.7 Å². The number of halogens is 1. The van der Waals surface area contributed by atoms with Crippen LogP contribution in [0.5, 0.6) is 0 Å². The fourth-order valence-electron chi connectivity index (χ4n) is 3.75. The van der Waals surface area contributed by atoms with Crippen LogP contribution in [0.4, 0.5) is 0 Å². The maximum absolute atomic E-state index is 12.5. The lowest BCUT2D eigenvalue weighted by atomic mass is 9.96. The van der Waals surface area contributed by atoms with Crippen molar-refractivity contribution in [1.29, 1.82) is 0 Å². The lowest BCUT2D eigenvalue weighted by molar-refractivity contribution is 0.854. The molecule has 2 aromatic carbocycles. The van der Waals surface area contributed by atoms with E-state index in [9.17, 15) is 4.79 Å². The Balaban J connectivity index is 0.000000398. The van der Waals surface area contributed by atoms with E-state index in [1.165, 1.54) is 0 Å². The number of pyridine rings is 2. The SMILES string of the molecule is Cc1cccc(-c2cc(=O)n(C)c3ncc(C(N)c4ccc(Cl)cc4)cc23)c1.Cn1ccnc1. The van der Waals surface area contributed by atoms with Crippen LogP contribution in [0.25, 0.3) is 22.2 Å². The van der Waals surface area contributed by atoms with Gasteiger partial charge in [0, 0.05) is 49.2 Å². The van der Waals surface area contributed by atoms with Gasteiger partial charge < -0.3 is 10.3 Å². The molecule has 7 heteroatoms. The number of aromatic nitrogens is 4. The first-order valence-corrected chi connectivity index (χ1v) is 11.2. The quantitative estimate of drug-likeness (QED) is 0.400. The number of aryl methyl sites for hydroxylation is 3. The average Bonchev–Trinajstić information content (AvgIpc) is 3.32. The van der Waals surface area contributed by atoms with Crippen LogP contribution >= 0.6 is 11.6 Å². The van der Waals surface area contributed by atoms with Gasteiger partial charge in [-0.15, -0.1) is 0 Å². The van der Waals surface area contributed by atoms with E-state index in [0.717, 1.165) is 33.2 Å². The van der Waals surface area contributed by atoms with Gasteiger partial charge in [-0.3, -0.25) is 9.36 Å². The number of nitrogens with zero attached hydrogens (tertiary/aromatic N) is 4. The monoisotopic (exact) mass is 471 g/mol. The van der Waals surface area contributed by atoms with Crippen molar-refractivity contribution in [1.82, 2.24) is 19.1 Å². The third-order valence-electron chi connectivity index (χ3n) is 5.65. The van der Waals surface area contributed by atoms with Crippen molar-refractivity contribution in [3.8, 4) is 11.1 Å². The molecule has 5 rings (SSSR count). The molecule has 0 bridgehead atoms. The van der Waals surface area contributed by atoms with E-state index in [1.807, 2.05) is 73.3 Å². The largest absolute Gasteiger partial charge is 0.341 e. The molecule has 3 aromatic heterocycles. The van der Waals surface area contributed by atoms with Crippen LogP contribution < -0.4 is 11.3 Å². The fourth-order valence-corrected chi connectivity index (χ4v) is 3.88. The van der Waals surface area contributed by atoms with Crippen molar-refractivity contribution in [3.63, 3.8) is 0 Å². The van der Waals surface area contributed by atoms with E-state index >= 15 is 0 Å². The molecule has 0 spiro atoms. The summed E-state index contributed by atoms with van der Waals surface area (Å²) < 4.78 is 3.45. The number of rotatable bonds is 3. The van der Waals surface area contributed by atoms with Crippen LogP contribution in [0.15, 0.2) is 90.4 Å². The minimum Gasteiger partial charge on any atom is -0.341 e. The predicted molar refractivity (Wildman–Crippen MR) is 138 cm³/mol. The Morgan fingerprint density at radius 2 is 1.76 bits per heavy atom. The van der Waals surface area contributed by atoms with Gasteiger partial charge in [-0.05, 0) is 47.4 Å². The molecular formula is C27H26ClN5O. The molecule has 34 heavy (non-hydrogen) atoms. The second kappa shape index (κ2) is 10.0. The van der Waals surface area contributed by atoms with Crippen molar-refractivity contribution in [2.45, 2.75) is 13.0 Å². The molecular weight excluding hydrogens is 446 g/mol. The second-order valence-electron chi connectivity index (χ2n) is 8.22. The Kier molecular flexibility index (Phi) is 6.91. The molecule has 0 saturated carbocycles. The summed E-state index contributed by atoms with van der Waals surface area (Å²) in [5, 5.41) is 1.57. The van der Waals surface area contributed by atoms with Gasteiger partial charge in [0.25, 0.3) is 5.56 Å². The van der Waals surface area contributed by atoms with Gasteiger partial charge in [-0.25, -0.2) is 9.97 Å². The van der Waals surface area contributed by atoms with Crippen LogP contribution in [-0.2, 0) is 14.1 Å². The first-order valence-electron chi connectivity index (χ1n) is 10.8. The number of hydrogen-bond acceptors (Lipinski definition) is 4. The van der Waals surface area contributed by atoms with Crippen molar-refractivity contribution in [2.24, 2.45) is 19.8 Å². The lowest BCUT2D eigenvalue weighted by Gasteiger charge is -2.16. The first-order chi connectivity index (χ1) is 16.3. The Bertz CT molecular complexity index is 1470. The number of nitrogens with two attached hydrogens (primary N) is 1. The van der Waals surface area contributed by atoms with Crippen molar-refractivity contribution >= 4 is 22.6 Å². The molecule has 0 fully saturated rings. The maximum Gasteiger partial charge on any atom is 0.252 e. The molecule has 0 aliphatic heterocycles. The van der Waals surface area contributed by atoms with Crippen molar-refractivity contribution < 1.29 is 0 Å². The average molecular weight is 472 g/mol. The molecule has 0 amide bonds. The minimum absolute atomic E-state index is 0.0914. The van der Waals surface area contributed by atoms with Crippen molar-refractivity contribution in [2.75, 3.05) is 0 Å². The molecule has 0 radical (unpaired) electrons. The van der Waals surface area contributed by atoms with Gasteiger partial charge in [0.15, 0.2) is 0 Å². The highest BCUT2D eigenvalue weighted by molar-refractivity contribution is 6.30. The minimum atomic E-state index is -0.336. The van der Waals surface area contributed by atoms with E-state index in [-0.39, 0.29) is 11.6 Å². The zero-order valence-electron chi connectivity index (χ0n) is 19.3. The number of benzene rings is 2. The third-order valence-corrected chi connectivity index (χ3v) is 5.90. The highest BCUT2D eigenvalue weighted by Gasteiger charge is 2.15. The highest BCUT2D eigenvalue weighted by atomic mass is 35.5. The van der Waals surface area contributed by atoms with Gasteiger partial charge >= 0.3 is 0 Å². The van der Waals surface area contributed by atoms with Gasteiger partial charge in [-0.1, -0.05) is 53.6 Å². The Labute approximate surface area is 203 Å². The standard InChI is InChI=1S/C23H20ClN3O.C4H6N2/c1-14-4-3-5-16(10-14)19-12-21(28)27(2)23-20(19)11-17(13-26-23)22(25)15-6-8-18(24)9-7-15;1-6-3-2-5-4-6/h3-13,22H,25H2,1-2H3;2-4H,1H3. The van der Waals surface area contributed by atoms with E-state index < -0.39 is 0 Å². The lowest BCUT2D eigenvalue weighted by Crippen LogP contribution is -2.18.